The zero-order chi connectivity index (χ0) is 14.4. The fraction of sp³-hybridized carbons (Fsp3) is 0.647. The first-order valence-electron chi connectivity index (χ1n) is 7.61. The molecule has 0 bridgehead atoms. The van der Waals surface area contributed by atoms with Crippen LogP contribution in [0.3, 0.4) is 0 Å². The minimum atomic E-state index is 0.132. The summed E-state index contributed by atoms with van der Waals surface area (Å²) in [5.41, 5.74) is 1.38. The molecule has 0 atom stereocenters. The number of benzene rings is 1. The molecule has 1 aromatic carbocycles. The Labute approximate surface area is 122 Å². The third kappa shape index (κ3) is 5.51. The van der Waals surface area contributed by atoms with Crippen molar-refractivity contribution in [2.75, 3.05) is 13.2 Å². The van der Waals surface area contributed by atoms with E-state index in [4.69, 9.17) is 9.47 Å². The lowest BCUT2D eigenvalue weighted by atomic mass is 9.96. The van der Waals surface area contributed by atoms with Crippen molar-refractivity contribution < 1.29 is 9.47 Å². The third-order valence-corrected chi connectivity index (χ3v) is 3.48. The Morgan fingerprint density at radius 1 is 1.20 bits per heavy atom. The predicted octanol–water partition coefficient (Wildman–Crippen LogP) is 3.52. The lowest BCUT2D eigenvalue weighted by Crippen LogP contribution is -2.35. The van der Waals surface area contributed by atoms with E-state index in [1.54, 1.807) is 0 Å². The number of nitrogens with one attached hydrogen (secondary N) is 1. The molecule has 3 nitrogen and oxygen atoms in total. The van der Waals surface area contributed by atoms with Crippen molar-refractivity contribution in [2.45, 2.75) is 58.2 Å². The van der Waals surface area contributed by atoms with Crippen LogP contribution in [0, 0.1) is 0 Å². The van der Waals surface area contributed by atoms with Crippen molar-refractivity contribution in [3.63, 3.8) is 0 Å². The molecule has 1 saturated carbocycles. The van der Waals surface area contributed by atoms with E-state index >= 15 is 0 Å². The summed E-state index contributed by atoms with van der Waals surface area (Å²) in [6, 6.07) is 8.27. The van der Waals surface area contributed by atoms with Gasteiger partial charge in [-0.15, -0.1) is 0 Å². The molecule has 0 saturated heterocycles. The summed E-state index contributed by atoms with van der Waals surface area (Å²) in [4.78, 5) is 0. The summed E-state index contributed by atoms with van der Waals surface area (Å²) in [5.74, 6) is 0.926. The molecule has 1 aliphatic rings. The zero-order valence-electron chi connectivity index (χ0n) is 12.9. The van der Waals surface area contributed by atoms with Gasteiger partial charge in [-0.25, -0.2) is 0 Å². The van der Waals surface area contributed by atoms with Crippen LogP contribution in [0.4, 0.5) is 0 Å². The molecule has 1 aliphatic carbocycles. The Morgan fingerprint density at radius 3 is 2.65 bits per heavy atom. The van der Waals surface area contributed by atoms with Gasteiger partial charge in [-0.3, -0.25) is 0 Å². The zero-order valence-corrected chi connectivity index (χ0v) is 12.9. The highest BCUT2D eigenvalue weighted by atomic mass is 16.5. The Balaban J connectivity index is 1.71. The average molecular weight is 277 g/mol. The van der Waals surface area contributed by atoms with Crippen molar-refractivity contribution in [3.8, 4) is 5.75 Å². The van der Waals surface area contributed by atoms with Crippen LogP contribution in [0.25, 0.3) is 0 Å². The van der Waals surface area contributed by atoms with E-state index in [-0.39, 0.29) is 5.54 Å². The molecule has 0 heterocycles. The van der Waals surface area contributed by atoms with Crippen molar-refractivity contribution in [3.05, 3.63) is 29.8 Å². The third-order valence-electron chi connectivity index (χ3n) is 3.48. The summed E-state index contributed by atoms with van der Waals surface area (Å²) in [7, 11) is 0. The highest BCUT2D eigenvalue weighted by Gasteiger charge is 2.17. The van der Waals surface area contributed by atoms with E-state index in [0.717, 1.165) is 12.3 Å². The van der Waals surface area contributed by atoms with Crippen LogP contribution in [-0.4, -0.2) is 24.9 Å². The lowest BCUT2D eigenvalue weighted by molar-refractivity contribution is -0.0103. The standard InChI is InChI=1S/C17H27NO2/c1-17(2,3)18-13-14-6-4-9-16(12-14)20-11-10-19-15-7-5-8-15/h4,6,9,12,15,18H,5,7-8,10-11,13H2,1-3H3. The second-order valence-corrected chi connectivity index (χ2v) is 6.52. The number of hydrogen-bond acceptors (Lipinski definition) is 3. The van der Waals surface area contributed by atoms with Gasteiger partial charge >= 0.3 is 0 Å². The van der Waals surface area contributed by atoms with Crippen LogP contribution in [0.1, 0.15) is 45.6 Å². The highest BCUT2D eigenvalue weighted by Crippen LogP contribution is 2.21. The van der Waals surface area contributed by atoms with E-state index in [2.05, 4.69) is 38.2 Å². The molecule has 1 fully saturated rings. The van der Waals surface area contributed by atoms with E-state index in [0.29, 0.717) is 19.3 Å². The van der Waals surface area contributed by atoms with Crippen LogP contribution in [0.15, 0.2) is 24.3 Å². The van der Waals surface area contributed by atoms with Gasteiger partial charge in [-0.1, -0.05) is 12.1 Å². The van der Waals surface area contributed by atoms with Gasteiger partial charge in [0.05, 0.1) is 12.7 Å². The molecule has 1 aromatic rings. The van der Waals surface area contributed by atoms with E-state index in [9.17, 15) is 0 Å². The largest absolute Gasteiger partial charge is 0.491 e. The quantitative estimate of drug-likeness (QED) is 0.774. The molecular formula is C17H27NO2. The first kappa shape index (κ1) is 15.3. The van der Waals surface area contributed by atoms with Gasteiger partial charge in [0.1, 0.15) is 12.4 Å². The molecule has 0 spiro atoms. The van der Waals surface area contributed by atoms with Gasteiger partial charge in [0.25, 0.3) is 0 Å². The minimum Gasteiger partial charge on any atom is -0.491 e. The van der Waals surface area contributed by atoms with Gasteiger partial charge in [0.15, 0.2) is 0 Å². The number of ether oxygens (including phenoxy) is 2. The molecule has 0 aliphatic heterocycles. The topological polar surface area (TPSA) is 30.5 Å². The fourth-order valence-corrected chi connectivity index (χ4v) is 2.02. The summed E-state index contributed by atoms with van der Waals surface area (Å²) >= 11 is 0. The van der Waals surface area contributed by atoms with Crippen LogP contribution < -0.4 is 10.1 Å². The molecule has 112 valence electrons. The monoisotopic (exact) mass is 277 g/mol. The van der Waals surface area contributed by atoms with Crippen molar-refractivity contribution in [2.24, 2.45) is 0 Å². The van der Waals surface area contributed by atoms with Gasteiger partial charge in [-0.05, 0) is 57.7 Å². The fourth-order valence-electron chi connectivity index (χ4n) is 2.02. The molecule has 2 rings (SSSR count). The van der Waals surface area contributed by atoms with Gasteiger partial charge in [0.2, 0.25) is 0 Å². The second-order valence-electron chi connectivity index (χ2n) is 6.52. The number of hydrogen-bond donors (Lipinski definition) is 1. The molecule has 0 unspecified atom stereocenters. The molecule has 0 aromatic heterocycles. The van der Waals surface area contributed by atoms with Crippen LogP contribution in [0.2, 0.25) is 0 Å². The second kappa shape index (κ2) is 7.09. The maximum Gasteiger partial charge on any atom is 0.119 e. The van der Waals surface area contributed by atoms with Crippen molar-refractivity contribution in [1.29, 1.82) is 0 Å². The summed E-state index contributed by atoms with van der Waals surface area (Å²) in [6.07, 6.45) is 4.23. The van der Waals surface area contributed by atoms with Gasteiger partial charge in [-0.2, -0.15) is 0 Å². The van der Waals surface area contributed by atoms with E-state index in [1.807, 2.05) is 12.1 Å². The Kier molecular flexibility index (Phi) is 5.44. The van der Waals surface area contributed by atoms with Crippen LogP contribution in [0.5, 0.6) is 5.75 Å². The van der Waals surface area contributed by atoms with Gasteiger partial charge in [0, 0.05) is 12.1 Å². The summed E-state index contributed by atoms with van der Waals surface area (Å²) in [6.45, 7) is 8.70. The molecule has 1 N–H and O–H groups in total. The van der Waals surface area contributed by atoms with Crippen LogP contribution >= 0.6 is 0 Å². The molecule has 3 heteroatoms. The lowest BCUT2D eigenvalue weighted by Gasteiger charge is -2.25. The summed E-state index contributed by atoms with van der Waals surface area (Å²) in [5, 5.41) is 3.48. The normalized spacial score (nSPS) is 15.9. The smallest absolute Gasteiger partial charge is 0.119 e. The van der Waals surface area contributed by atoms with Crippen molar-refractivity contribution in [1.82, 2.24) is 5.32 Å². The Hall–Kier alpha value is -1.06. The van der Waals surface area contributed by atoms with Crippen molar-refractivity contribution >= 4 is 0 Å². The Morgan fingerprint density at radius 2 is 2.00 bits per heavy atom. The molecular weight excluding hydrogens is 250 g/mol. The molecule has 0 radical (unpaired) electrons. The maximum absolute atomic E-state index is 5.74. The predicted molar refractivity (Wildman–Crippen MR) is 82.1 cm³/mol. The SMILES string of the molecule is CC(C)(C)NCc1cccc(OCCOC2CCC2)c1. The highest BCUT2D eigenvalue weighted by molar-refractivity contribution is 5.28. The average Bonchev–Trinajstić information content (AvgIpc) is 2.34. The maximum atomic E-state index is 5.74. The molecule has 0 amide bonds. The van der Waals surface area contributed by atoms with E-state index < -0.39 is 0 Å². The number of rotatable bonds is 7. The van der Waals surface area contributed by atoms with Gasteiger partial charge < -0.3 is 14.8 Å². The van der Waals surface area contributed by atoms with Crippen LogP contribution in [-0.2, 0) is 11.3 Å². The first-order valence-corrected chi connectivity index (χ1v) is 7.61. The first-order chi connectivity index (χ1) is 9.53. The Bertz CT molecular complexity index is 408. The minimum absolute atomic E-state index is 0.132. The molecule has 20 heavy (non-hydrogen) atoms. The summed E-state index contributed by atoms with van der Waals surface area (Å²) < 4.78 is 11.4. The van der Waals surface area contributed by atoms with E-state index in [1.165, 1.54) is 24.8 Å².